The van der Waals surface area contributed by atoms with Crippen molar-refractivity contribution in [3.63, 3.8) is 0 Å². The summed E-state index contributed by atoms with van der Waals surface area (Å²) < 4.78 is 23.1. The molecule has 1 amide bonds. The fourth-order valence-corrected chi connectivity index (χ4v) is 4.35. The Balaban J connectivity index is 1.52. The molecular weight excluding hydrogens is 506 g/mol. The maximum absolute atomic E-state index is 12.6. The van der Waals surface area contributed by atoms with Crippen LogP contribution in [-0.2, 0) is 4.79 Å². The van der Waals surface area contributed by atoms with Gasteiger partial charge in [0.15, 0.2) is 22.5 Å². The largest absolute Gasteiger partial charge is 0.497 e. The molecule has 0 radical (unpaired) electrons. The number of aromatic nitrogens is 3. The molecule has 196 valence electrons. The van der Waals surface area contributed by atoms with E-state index in [9.17, 15) is 4.79 Å². The first-order chi connectivity index (χ1) is 18.6. The zero-order valence-electron chi connectivity index (χ0n) is 21.4. The number of amides is 1. The Hall–Kier alpha value is -4.51. The van der Waals surface area contributed by atoms with Crippen molar-refractivity contribution in [1.82, 2.24) is 20.2 Å². The molecule has 0 aliphatic heterocycles. The molecule has 0 aliphatic carbocycles. The molecule has 38 heavy (non-hydrogen) atoms. The Morgan fingerprint density at radius 1 is 0.895 bits per heavy atom. The summed E-state index contributed by atoms with van der Waals surface area (Å²) in [6, 6.07) is 20.5. The van der Waals surface area contributed by atoms with Crippen LogP contribution in [0.1, 0.15) is 5.56 Å². The number of hydrogen-bond acceptors (Lipinski definition) is 9. The number of benzene rings is 3. The van der Waals surface area contributed by atoms with E-state index < -0.39 is 0 Å². The first-order valence-electron chi connectivity index (χ1n) is 11.5. The summed E-state index contributed by atoms with van der Waals surface area (Å²) in [6.45, 7) is 0. The van der Waals surface area contributed by atoms with Crippen LogP contribution in [0.15, 0.2) is 77.0 Å². The molecule has 0 aliphatic rings. The van der Waals surface area contributed by atoms with E-state index in [4.69, 9.17) is 18.9 Å². The molecule has 4 rings (SSSR count). The summed E-state index contributed by atoms with van der Waals surface area (Å²) in [4.78, 5) is 12.6. The number of hydrazone groups is 1. The van der Waals surface area contributed by atoms with Crippen LogP contribution in [0.3, 0.4) is 0 Å². The lowest BCUT2D eigenvalue weighted by Gasteiger charge is -2.11. The fraction of sp³-hybridized carbons (Fsp3) is 0.185. The van der Waals surface area contributed by atoms with Crippen LogP contribution >= 0.6 is 11.8 Å². The van der Waals surface area contributed by atoms with E-state index in [1.54, 1.807) is 34.5 Å². The van der Waals surface area contributed by atoms with Crippen LogP contribution in [0.2, 0.25) is 0 Å². The molecule has 1 heterocycles. The number of carbonyl (C=O) groups is 1. The van der Waals surface area contributed by atoms with Gasteiger partial charge in [0.25, 0.3) is 5.91 Å². The van der Waals surface area contributed by atoms with E-state index in [-0.39, 0.29) is 11.7 Å². The molecule has 0 saturated heterocycles. The van der Waals surface area contributed by atoms with Crippen LogP contribution in [0, 0.1) is 0 Å². The molecule has 1 aromatic heterocycles. The summed E-state index contributed by atoms with van der Waals surface area (Å²) in [5.74, 6) is 2.97. The van der Waals surface area contributed by atoms with Gasteiger partial charge in [-0.25, -0.2) is 5.43 Å². The lowest BCUT2D eigenvalue weighted by Crippen LogP contribution is -2.20. The number of nitrogens with one attached hydrogen (secondary N) is 1. The van der Waals surface area contributed by atoms with E-state index in [1.165, 1.54) is 18.0 Å². The molecule has 10 nitrogen and oxygen atoms in total. The molecule has 0 spiro atoms. The monoisotopic (exact) mass is 533 g/mol. The Kier molecular flexibility index (Phi) is 8.83. The van der Waals surface area contributed by atoms with Crippen molar-refractivity contribution in [2.45, 2.75) is 5.16 Å². The van der Waals surface area contributed by atoms with Crippen molar-refractivity contribution < 1.29 is 23.7 Å². The fourth-order valence-electron chi connectivity index (χ4n) is 3.60. The lowest BCUT2D eigenvalue weighted by molar-refractivity contribution is -0.118. The van der Waals surface area contributed by atoms with Gasteiger partial charge < -0.3 is 18.9 Å². The van der Waals surface area contributed by atoms with Gasteiger partial charge in [0.2, 0.25) is 0 Å². The maximum atomic E-state index is 12.6. The minimum absolute atomic E-state index is 0.0729. The second-order valence-corrected chi connectivity index (χ2v) is 8.68. The number of ether oxygens (including phenoxy) is 4. The molecule has 11 heteroatoms. The molecular formula is C27H27N5O5S. The average molecular weight is 534 g/mol. The topological polar surface area (TPSA) is 109 Å². The van der Waals surface area contributed by atoms with Gasteiger partial charge in [0.1, 0.15) is 11.5 Å². The predicted molar refractivity (Wildman–Crippen MR) is 146 cm³/mol. The summed E-state index contributed by atoms with van der Waals surface area (Å²) in [5.41, 5.74) is 4.89. The number of methoxy groups -OCH3 is 4. The van der Waals surface area contributed by atoms with Gasteiger partial charge in [-0.3, -0.25) is 9.36 Å². The Morgan fingerprint density at radius 2 is 1.58 bits per heavy atom. The van der Waals surface area contributed by atoms with Gasteiger partial charge in [-0.2, -0.15) is 5.10 Å². The third-order valence-corrected chi connectivity index (χ3v) is 6.40. The van der Waals surface area contributed by atoms with Gasteiger partial charge in [0, 0.05) is 16.8 Å². The zero-order chi connectivity index (χ0) is 26.9. The summed E-state index contributed by atoms with van der Waals surface area (Å²) >= 11 is 1.25. The van der Waals surface area contributed by atoms with E-state index in [0.717, 1.165) is 22.7 Å². The Bertz CT molecular complexity index is 1400. The lowest BCUT2D eigenvalue weighted by atomic mass is 10.2. The summed E-state index contributed by atoms with van der Waals surface area (Å²) in [5, 5.41) is 13.4. The second kappa shape index (κ2) is 12.6. The first kappa shape index (κ1) is 26.6. The smallest absolute Gasteiger partial charge is 0.250 e. The number of rotatable bonds is 11. The molecule has 1 N–H and O–H groups in total. The summed E-state index contributed by atoms with van der Waals surface area (Å²) in [7, 11) is 6.33. The van der Waals surface area contributed by atoms with Crippen LogP contribution in [0.25, 0.3) is 17.1 Å². The van der Waals surface area contributed by atoms with Crippen molar-refractivity contribution >= 4 is 23.9 Å². The van der Waals surface area contributed by atoms with Crippen LogP contribution in [0.5, 0.6) is 23.0 Å². The molecule has 0 atom stereocenters. The number of para-hydroxylation sites is 1. The van der Waals surface area contributed by atoms with Gasteiger partial charge >= 0.3 is 0 Å². The molecule has 4 aromatic rings. The zero-order valence-corrected chi connectivity index (χ0v) is 22.2. The number of carbonyl (C=O) groups excluding carboxylic acids is 1. The van der Waals surface area contributed by atoms with E-state index >= 15 is 0 Å². The highest BCUT2D eigenvalue weighted by Crippen LogP contribution is 2.31. The average Bonchev–Trinajstić information content (AvgIpc) is 3.39. The molecule has 0 bridgehead atoms. The Morgan fingerprint density at radius 3 is 2.21 bits per heavy atom. The van der Waals surface area contributed by atoms with Crippen LogP contribution in [-0.4, -0.2) is 61.1 Å². The van der Waals surface area contributed by atoms with Gasteiger partial charge in [-0.1, -0.05) is 17.8 Å². The first-order valence-corrected chi connectivity index (χ1v) is 12.5. The molecule has 0 fully saturated rings. The molecule has 0 saturated carbocycles. The van der Waals surface area contributed by atoms with Crippen molar-refractivity contribution in [2.75, 3.05) is 34.2 Å². The van der Waals surface area contributed by atoms with E-state index in [1.807, 2.05) is 65.2 Å². The van der Waals surface area contributed by atoms with E-state index in [0.29, 0.717) is 28.0 Å². The number of hydrogen-bond donors (Lipinski definition) is 1. The maximum Gasteiger partial charge on any atom is 0.250 e. The molecule has 0 unspecified atom stereocenters. The Labute approximate surface area is 224 Å². The van der Waals surface area contributed by atoms with Gasteiger partial charge in [-0.15, -0.1) is 10.2 Å². The van der Waals surface area contributed by atoms with Crippen molar-refractivity contribution in [3.05, 3.63) is 72.3 Å². The third kappa shape index (κ3) is 6.06. The minimum atomic E-state index is -0.302. The van der Waals surface area contributed by atoms with Crippen molar-refractivity contribution in [3.8, 4) is 40.1 Å². The van der Waals surface area contributed by atoms with Crippen LogP contribution < -0.4 is 24.4 Å². The number of thioether (sulfide) groups is 1. The molecule has 3 aromatic carbocycles. The standard InChI is InChI=1S/C27H27N5O5S/c1-34-21-12-8-18(9-13-21)26-30-31-27(32(26)20-10-14-22(35-2)15-11-20)38-17-24(33)29-28-16-19-6-5-7-23(36-3)25(19)37-4/h5-16H,17H2,1-4H3,(H,29,33)/b28-16+. The van der Waals surface area contributed by atoms with E-state index in [2.05, 4.69) is 20.7 Å². The minimum Gasteiger partial charge on any atom is -0.497 e. The highest BCUT2D eigenvalue weighted by Gasteiger charge is 2.18. The summed E-state index contributed by atoms with van der Waals surface area (Å²) in [6.07, 6.45) is 1.51. The highest BCUT2D eigenvalue weighted by molar-refractivity contribution is 7.99. The second-order valence-electron chi connectivity index (χ2n) is 7.73. The SMILES string of the molecule is COc1ccc(-c2nnc(SCC(=O)N/N=C/c3cccc(OC)c3OC)n2-c2ccc(OC)cc2)cc1. The normalized spacial score (nSPS) is 10.8. The van der Waals surface area contributed by atoms with Gasteiger partial charge in [-0.05, 0) is 60.7 Å². The highest BCUT2D eigenvalue weighted by atomic mass is 32.2. The van der Waals surface area contributed by atoms with Gasteiger partial charge in [0.05, 0.1) is 40.4 Å². The van der Waals surface area contributed by atoms with Crippen molar-refractivity contribution in [1.29, 1.82) is 0 Å². The quantitative estimate of drug-likeness (QED) is 0.174. The van der Waals surface area contributed by atoms with Crippen molar-refractivity contribution in [2.24, 2.45) is 5.10 Å². The van der Waals surface area contributed by atoms with Crippen LogP contribution in [0.4, 0.5) is 0 Å². The number of nitrogens with zero attached hydrogens (tertiary/aromatic N) is 4. The third-order valence-electron chi connectivity index (χ3n) is 5.47. The predicted octanol–water partition coefficient (Wildman–Crippen LogP) is 4.21.